The van der Waals surface area contributed by atoms with Gasteiger partial charge >= 0.3 is 0 Å². The van der Waals surface area contributed by atoms with Gasteiger partial charge in [-0.25, -0.2) is 0 Å². The van der Waals surface area contributed by atoms with Crippen molar-refractivity contribution in [3.05, 3.63) is 36.1 Å². The molecule has 0 radical (unpaired) electrons. The molecule has 0 unspecified atom stereocenters. The molecule has 19 heavy (non-hydrogen) atoms. The van der Waals surface area contributed by atoms with Crippen LogP contribution in [0.25, 0.3) is 0 Å². The number of ether oxygens (including phenoxy) is 2. The number of halogens is 4. The average Bonchev–Trinajstić information content (AvgIpc) is 2.35. The van der Waals surface area contributed by atoms with E-state index >= 15 is 0 Å². The Morgan fingerprint density at radius 2 is 1.42 bits per heavy atom. The Balaban J connectivity index is 2.20. The molecule has 0 saturated heterocycles. The molecule has 0 aromatic heterocycles. The van der Waals surface area contributed by atoms with E-state index in [1.807, 2.05) is 6.07 Å². The lowest BCUT2D eigenvalue weighted by molar-refractivity contribution is 0.334. The molecule has 1 N–H and O–H groups in total. The van der Waals surface area contributed by atoms with E-state index in [1.54, 1.807) is 12.1 Å². The third-order valence-electron chi connectivity index (χ3n) is 2.51. The van der Waals surface area contributed by atoms with Crippen molar-refractivity contribution in [1.29, 1.82) is 0 Å². The number of hydrogen-bond donors (Lipinski definition) is 1. The fourth-order valence-electron chi connectivity index (χ4n) is 1.68. The predicted molar refractivity (Wildman–Crippen MR) is 85.5 cm³/mol. The molecule has 2 aromatic rings. The lowest BCUT2D eigenvalue weighted by Crippen LogP contribution is -2.00. The second-order valence-electron chi connectivity index (χ2n) is 3.77. The van der Waals surface area contributed by atoms with Gasteiger partial charge in [-0.2, -0.15) is 0 Å². The SMILES string of the molecule is Oc1c(Br)c(Br)cc2c1Oc1cc(Br)cc(Br)c1O2. The number of aromatic hydroxyl groups is 1. The maximum atomic E-state index is 10.1. The first-order chi connectivity index (χ1) is 8.97. The van der Waals surface area contributed by atoms with Crippen molar-refractivity contribution >= 4 is 63.7 Å². The summed E-state index contributed by atoms with van der Waals surface area (Å²) in [5, 5.41) is 10.1. The van der Waals surface area contributed by atoms with Crippen molar-refractivity contribution in [1.82, 2.24) is 0 Å². The zero-order valence-electron chi connectivity index (χ0n) is 9.01. The van der Waals surface area contributed by atoms with Gasteiger partial charge in [0, 0.05) is 15.0 Å². The van der Waals surface area contributed by atoms with Crippen LogP contribution in [0.4, 0.5) is 0 Å². The molecule has 3 nitrogen and oxygen atoms in total. The van der Waals surface area contributed by atoms with Gasteiger partial charge in [0.25, 0.3) is 0 Å². The number of benzene rings is 2. The van der Waals surface area contributed by atoms with Crippen LogP contribution in [-0.2, 0) is 0 Å². The van der Waals surface area contributed by atoms with Crippen molar-refractivity contribution in [2.24, 2.45) is 0 Å². The third-order valence-corrected chi connectivity index (χ3v) is 5.52. The molecule has 0 amide bonds. The van der Waals surface area contributed by atoms with Crippen LogP contribution in [0, 0.1) is 0 Å². The maximum absolute atomic E-state index is 10.1. The summed E-state index contributed by atoms with van der Waals surface area (Å²) >= 11 is 13.4. The van der Waals surface area contributed by atoms with Crippen molar-refractivity contribution in [2.45, 2.75) is 0 Å². The van der Waals surface area contributed by atoms with Gasteiger partial charge in [-0.05, 0) is 59.9 Å². The molecule has 0 spiro atoms. The van der Waals surface area contributed by atoms with Crippen LogP contribution < -0.4 is 9.47 Å². The monoisotopic (exact) mass is 512 g/mol. The van der Waals surface area contributed by atoms with E-state index in [0.29, 0.717) is 26.2 Å². The van der Waals surface area contributed by atoms with Crippen LogP contribution in [0.1, 0.15) is 0 Å². The van der Waals surface area contributed by atoms with E-state index in [2.05, 4.69) is 63.7 Å². The quantitative estimate of drug-likeness (QED) is 0.380. The van der Waals surface area contributed by atoms with Crippen LogP contribution in [0.15, 0.2) is 36.1 Å². The molecule has 2 aromatic carbocycles. The Hall–Kier alpha value is -0.240. The van der Waals surface area contributed by atoms with Gasteiger partial charge in [0.05, 0.1) is 8.95 Å². The highest BCUT2D eigenvalue weighted by molar-refractivity contribution is 9.13. The van der Waals surface area contributed by atoms with E-state index in [1.165, 1.54) is 0 Å². The summed E-state index contributed by atoms with van der Waals surface area (Å²) in [6.07, 6.45) is 0. The van der Waals surface area contributed by atoms with E-state index < -0.39 is 0 Å². The zero-order chi connectivity index (χ0) is 13.7. The lowest BCUT2D eigenvalue weighted by Gasteiger charge is -2.23. The molecular weight excluding hydrogens is 512 g/mol. The number of fused-ring (bicyclic) bond motifs is 2. The topological polar surface area (TPSA) is 38.7 Å². The maximum Gasteiger partial charge on any atom is 0.212 e. The Labute approximate surface area is 142 Å². The van der Waals surface area contributed by atoms with Crippen LogP contribution in [0.3, 0.4) is 0 Å². The number of phenols is 1. The van der Waals surface area contributed by atoms with E-state index in [-0.39, 0.29) is 11.5 Å². The Morgan fingerprint density at radius 1 is 0.789 bits per heavy atom. The molecule has 1 aliphatic heterocycles. The van der Waals surface area contributed by atoms with Gasteiger partial charge in [0.2, 0.25) is 5.75 Å². The average molecular weight is 516 g/mol. The molecular formula is C12H4Br4O3. The Bertz CT molecular complexity index is 700. The molecule has 98 valence electrons. The minimum atomic E-state index is -0.00822. The molecule has 7 heteroatoms. The van der Waals surface area contributed by atoms with Crippen molar-refractivity contribution in [3.8, 4) is 28.7 Å². The van der Waals surface area contributed by atoms with Crippen LogP contribution >= 0.6 is 63.7 Å². The summed E-state index contributed by atoms with van der Waals surface area (Å²) in [6.45, 7) is 0. The van der Waals surface area contributed by atoms with Crippen molar-refractivity contribution in [2.75, 3.05) is 0 Å². The second-order valence-corrected chi connectivity index (χ2v) is 7.18. The number of rotatable bonds is 0. The summed E-state index contributed by atoms with van der Waals surface area (Å²) in [5.74, 6) is 1.82. The van der Waals surface area contributed by atoms with Gasteiger partial charge in [-0.3, -0.25) is 0 Å². The third kappa shape index (κ3) is 2.30. The van der Waals surface area contributed by atoms with Gasteiger partial charge in [-0.15, -0.1) is 0 Å². The molecule has 0 fully saturated rings. The summed E-state index contributed by atoms with van der Waals surface area (Å²) in [5.41, 5.74) is 0. The lowest BCUT2D eigenvalue weighted by atomic mass is 10.2. The Kier molecular flexibility index (Phi) is 3.57. The summed E-state index contributed by atoms with van der Waals surface area (Å²) in [6, 6.07) is 5.37. The normalized spacial score (nSPS) is 12.2. The highest BCUT2D eigenvalue weighted by atomic mass is 79.9. The van der Waals surface area contributed by atoms with Crippen LogP contribution in [0.5, 0.6) is 28.7 Å². The second kappa shape index (κ2) is 4.95. The standard InChI is InChI=1S/C12H4Br4O3/c13-4-1-6(15)11-7(2-4)19-12-8(18-11)3-5(14)9(16)10(12)17/h1-3,17H. The molecule has 1 aliphatic rings. The van der Waals surface area contributed by atoms with Gasteiger partial charge in [0.1, 0.15) is 0 Å². The van der Waals surface area contributed by atoms with Crippen molar-refractivity contribution < 1.29 is 14.6 Å². The van der Waals surface area contributed by atoms with Gasteiger partial charge in [-0.1, -0.05) is 15.9 Å². The summed E-state index contributed by atoms with van der Waals surface area (Å²) < 4.78 is 14.3. The fraction of sp³-hybridized carbons (Fsp3) is 0. The van der Waals surface area contributed by atoms with Crippen molar-refractivity contribution in [3.63, 3.8) is 0 Å². The van der Waals surface area contributed by atoms with Gasteiger partial charge in [0.15, 0.2) is 23.0 Å². The highest BCUT2D eigenvalue weighted by Gasteiger charge is 2.27. The number of hydrogen-bond acceptors (Lipinski definition) is 3. The minimum Gasteiger partial charge on any atom is -0.503 e. The molecule has 1 heterocycles. The summed E-state index contributed by atoms with van der Waals surface area (Å²) in [7, 11) is 0. The predicted octanol–water partition coefficient (Wildman–Crippen LogP) is 6.34. The fourth-order valence-corrected chi connectivity index (χ4v) is 3.64. The van der Waals surface area contributed by atoms with Crippen LogP contribution in [0.2, 0.25) is 0 Å². The molecule has 0 saturated carbocycles. The Morgan fingerprint density at radius 3 is 2.16 bits per heavy atom. The minimum absolute atomic E-state index is 0.00822. The smallest absolute Gasteiger partial charge is 0.212 e. The molecule has 0 atom stereocenters. The molecule has 3 rings (SSSR count). The highest BCUT2D eigenvalue weighted by Crippen LogP contribution is 2.55. The first-order valence-corrected chi connectivity index (χ1v) is 8.20. The van der Waals surface area contributed by atoms with Gasteiger partial charge < -0.3 is 14.6 Å². The molecule has 0 aliphatic carbocycles. The number of phenolic OH excluding ortho intramolecular Hbond substituents is 1. The largest absolute Gasteiger partial charge is 0.503 e. The van der Waals surface area contributed by atoms with E-state index in [0.717, 1.165) is 8.95 Å². The first kappa shape index (κ1) is 13.7. The first-order valence-electron chi connectivity index (χ1n) is 5.03. The van der Waals surface area contributed by atoms with E-state index in [9.17, 15) is 5.11 Å². The van der Waals surface area contributed by atoms with Crippen LogP contribution in [-0.4, -0.2) is 5.11 Å². The summed E-state index contributed by atoms with van der Waals surface area (Å²) in [4.78, 5) is 0. The zero-order valence-corrected chi connectivity index (χ0v) is 15.4. The van der Waals surface area contributed by atoms with E-state index in [4.69, 9.17) is 9.47 Å². The molecule has 0 bridgehead atoms.